The van der Waals surface area contributed by atoms with Crippen molar-refractivity contribution in [3.63, 3.8) is 0 Å². The summed E-state index contributed by atoms with van der Waals surface area (Å²) in [4.78, 5) is 24.2. The van der Waals surface area contributed by atoms with E-state index >= 15 is 0 Å². The second-order valence-electron chi connectivity index (χ2n) is 7.06. The molecule has 0 amide bonds. The van der Waals surface area contributed by atoms with Gasteiger partial charge in [0, 0.05) is 0 Å². The number of para-hydroxylation sites is 2. The Morgan fingerprint density at radius 1 is 0.793 bits per heavy atom. The molecule has 6 heteroatoms. The normalized spacial score (nSPS) is 16.6. The lowest BCUT2D eigenvalue weighted by Crippen LogP contribution is -2.30. The molecular formula is C23H24N2O3P+. The average Bonchev–Trinajstić information content (AvgIpc) is 3.11. The molecule has 1 fully saturated rings. The molecule has 1 heterocycles. The van der Waals surface area contributed by atoms with Gasteiger partial charge in [0.05, 0.1) is 30.9 Å². The first-order valence-corrected chi connectivity index (χ1v) is 11.4. The lowest BCUT2D eigenvalue weighted by atomic mass is 10.1. The van der Waals surface area contributed by atoms with Gasteiger partial charge in [-0.2, -0.15) is 0 Å². The van der Waals surface area contributed by atoms with Crippen LogP contribution in [0.5, 0.6) is 0 Å². The highest BCUT2D eigenvalue weighted by molar-refractivity contribution is 7.74. The summed E-state index contributed by atoms with van der Waals surface area (Å²) >= 11 is 0. The van der Waals surface area contributed by atoms with Crippen LogP contribution in [0, 0.1) is 0 Å². The van der Waals surface area contributed by atoms with Gasteiger partial charge in [-0.25, -0.2) is 14.2 Å². The van der Waals surface area contributed by atoms with E-state index in [1.54, 1.807) is 0 Å². The summed E-state index contributed by atoms with van der Waals surface area (Å²) < 4.78 is 4.06. The maximum absolute atomic E-state index is 12.4. The minimum absolute atomic E-state index is 0.138. The maximum atomic E-state index is 12.4. The number of hydrogen-bond donors (Lipinski definition) is 2. The third-order valence-electron chi connectivity index (χ3n) is 5.31. The van der Waals surface area contributed by atoms with Gasteiger partial charge in [-0.15, -0.1) is 0 Å². The highest BCUT2D eigenvalue weighted by Crippen LogP contribution is 2.75. The maximum Gasteiger partial charge on any atom is 0.339 e. The summed E-state index contributed by atoms with van der Waals surface area (Å²) in [6.45, 7) is 1.26. The molecule has 3 aromatic carbocycles. The van der Waals surface area contributed by atoms with Crippen molar-refractivity contribution < 1.29 is 14.8 Å². The zero-order valence-corrected chi connectivity index (χ0v) is 16.9. The third-order valence-corrected chi connectivity index (χ3v) is 8.91. The summed E-state index contributed by atoms with van der Waals surface area (Å²) in [7, 11) is -3.08. The van der Waals surface area contributed by atoms with Crippen LogP contribution in [0.25, 0.3) is 0 Å². The second-order valence-corrected chi connectivity index (χ2v) is 9.87. The van der Waals surface area contributed by atoms with E-state index in [9.17, 15) is 14.8 Å². The smallest absolute Gasteiger partial charge is 0.339 e. The van der Waals surface area contributed by atoms with Gasteiger partial charge in [-0.3, -0.25) is 4.79 Å². The Morgan fingerprint density at radius 3 is 1.62 bits per heavy atom. The van der Waals surface area contributed by atoms with Gasteiger partial charge in [0.25, 0.3) is 0 Å². The highest BCUT2D eigenvalue weighted by atomic mass is 31.2. The molecule has 0 bridgehead atoms. The Hall–Kier alpha value is -2.88. The van der Waals surface area contributed by atoms with Crippen LogP contribution < -0.4 is 9.34 Å². The van der Waals surface area contributed by atoms with Crippen LogP contribution in [0.3, 0.4) is 0 Å². The summed E-state index contributed by atoms with van der Waals surface area (Å²) in [6.07, 6.45) is -0.138. The molecule has 4 rings (SSSR count). The summed E-state index contributed by atoms with van der Waals surface area (Å²) in [5.74, 6) is -0.916. The molecule has 1 unspecified atom stereocenters. The Labute approximate surface area is 171 Å². The standard InChI is InChI=1S/C23H23N2O3P/c26-23(27)18-22(19-10-4-1-5-11-19)29(28)24(20-12-6-2-7-13-20)16-17-25(29)21-14-8-3-9-15-21/h1-15,22,28H,16-18H2/p+1. The van der Waals surface area contributed by atoms with Crippen molar-refractivity contribution in [3.05, 3.63) is 96.6 Å². The predicted octanol–water partition coefficient (Wildman–Crippen LogP) is 4.98. The van der Waals surface area contributed by atoms with Crippen molar-refractivity contribution in [1.29, 1.82) is 0 Å². The van der Waals surface area contributed by atoms with E-state index in [0.717, 1.165) is 16.9 Å². The number of anilines is 2. The molecule has 148 valence electrons. The predicted molar refractivity (Wildman–Crippen MR) is 118 cm³/mol. The SMILES string of the molecule is O=C(O)CC(c1ccccc1)[P+]1(O)N(c2ccccc2)CCN1c1ccccc1. The van der Waals surface area contributed by atoms with Gasteiger partial charge in [-0.05, 0) is 29.8 Å². The van der Waals surface area contributed by atoms with Crippen molar-refractivity contribution in [2.75, 3.05) is 22.4 Å². The molecule has 2 N–H and O–H groups in total. The molecule has 1 atom stereocenters. The molecule has 1 saturated heterocycles. The van der Waals surface area contributed by atoms with Crippen LogP contribution >= 0.6 is 7.79 Å². The Morgan fingerprint density at radius 2 is 1.21 bits per heavy atom. The number of carboxylic acids is 1. The minimum Gasteiger partial charge on any atom is -0.481 e. The Kier molecular flexibility index (Phi) is 5.52. The molecule has 0 spiro atoms. The van der Waals surface area contributed by atoms with Gasteiger partial charge in [0.2, 0.25) is 0 Å². The molecule has 1 aliphatic heterocycles. The number of nitrogens with zero attached hydrogens (tertiary/aromatic N) is 2. The summed E-state index contributed by atoms with van der Waals surface area (Å²) in [5.41, 5.74) is 2.12. The van der Waals surface area contributed by atoms with Crippen LogP contribution in [0.4, 0.5) is 11.4 Å². The van der Waals surface area contributed by atoms with Gasteiger partial charge in [0.15, 0.2) is 5.66 Å². The van der Waals surface area contributed by atoms with E-state index in [1.807, 2.05) is 100 Å². The van der Waals surface area contributed by atoms with Crippen molar-refractivity contribution in [2.45, 2.75) is 12.1 Å². The molecule has 0 saturated carbocycles. The largest absolute Gasteiger partial charge is 0.481 e. The number of aliphatic carboxylic acids is 1. The van der Waals surface area contributed by atoms with E-state index in [0.29, 0.717) is 13.1 Å². The van der Waals surface area contributed by atoms with Crippen LogP contribution in [-0.4, -0.2) is 29.1 Å². The lowest BCUT2D eigenvalue weighted by molar-refractivity contribution is -0.137. The highest BCUT2D eigenvalue weighted by Gasteiger charge is 2.62. The molecule has 1 aliphatic rings. The first kappa shape index (κ1) is 19.4. The summed E-state index contributed by atoms with van der Waals surface area (Å²) in [5, 5.41) is 9.70. The zero-order chi connectivity index (χ0) is 20.3. The Bertz CT molecular complexity index is 906. The fourth-order valence-corrected chi connectivity index (χ4v) is 7.65. The van der Waals surface area contributed by atoms with Crippen molar-refractivity contribution in [2.24, 2.45) is 0 Å². The van der Waals surface area contributed by atoms with E-state index in [1.165, 1.54) is 0 Å². The fraction of sp³-hybridized carbons (Fsp3) is 0.174. The number of hydrogen-bond acceptors (Lipinski definition) is 4. The van der Waals surface area contributed by atoms with Crippen LogP contribution in [0.2, 0.25) is 0 Å². The molecule has 0 aromatic heterocycles. The van der Waals surface area contributed by atoms with Gasteiger partial charge in [-0.1, -0.05) is 66.7 Å². The quantitative estimate of drug-likeness (QED) is 0.564. The van der Waals surface area contributed by atoms with Gasteiger partial charge >= 0.3 is 13.8 Å². The first-order chi connectivity index (χ1) is 14.1. The van der Waals surface area contributed by atoms with E-state index in [-0.39, 0.29) is 6.42 Å². The number of carbonyl (C=O) groups is 1. The van der Waals surface area contributed by atoms with E-state index < -0.39 is 19.4 Å². The van der Waals surface area contributed by atoms with Gasteiger partial charge in [0.1, 0.15) is 0 Å². The van der Waals surface area contributed by atoms with Crippen LogP contribution in [0.1, 0.15) is 17.6 Å². The monoisotopic (exact) mass is 407 g/mol. The molecule has 0 radical (unpaired) electrons. The average molecular weight is 407 g/mol. The molecular weight excluding hydrogens is 383 g/mol. The van der Waals surface area contributed by atoms with E-state index in [4.69, 9.17) is 0 Å². The van der Waals surface area contributed by atoms with Crippen LogP contribution in [-0.2, 0) is 4.79 Å². The number of benzene rings is 3. The topological polar surface area (TPSA) is 64.0 Å². The zero-order valence-electron chi connectivity index (χ0n) is 16.0. The minimum atomic E-state index is -3.08. The Balaban J connectivity index is 1.87. The summed E-state index contributed by atoms with van der Waals surface area (Å²) in [6, 6.07) is 29.1. The van der Waals surface area contributed by atoms with Crippen molar-refractivity contribution in [1.82, 2.24) is 0 Å². The molecule has 5 nitrogen and oxygen atoms in total. The molecule has 0 aliphatic carbocycles. The fourth-order valence-electron chi connectivity index (χ4n) is 4.03. The molecule has 29 heavy (non-hydrogen) atoms. The van der Waals surface area contributed by atoms with Crippen molar-refractivity contribution >= 4 is 25.1 Å². The first-order valence-electron chi connectivity index (χ1n) is 9.65. The number of rotatable bonds is 6. The van der Waals surface area contributed by atoms with Crippen LogP contribution in [0.15, 0.2) is 91.0 Å². The third kappa shape index (κ3) is 3.71. The van der Waals surface area contributed by atoms with Crippen molar-refractivity contribution in [3.8, 4) is 0 Å². The number of carboxylic acid groups (broad SMARTS) is 1. The lowest BCUT2D eigenvalue weighted by Gasteiger charge is -2.36. The van der Waals surface area contributed by atoms with Gasteiger partial charge < -0.3 is 5.11 Å². The molecule has 3 aromatic rings. The van der Waals surface area contributed by atoms with E-state index in [2.05, 4.69) is 0 Å². The second kappa shape index (κ2) is 8.24.